The minimum Gasteiger partial charge on any atom is -0.435 e. The molecular weight excluding hydrogens is 190 g/mol. The lowest BCUT2D eigenvalue weighted by Gasteiger charge is -2.17. The Morgan fingerprint density at radius 1 is 1.21 bits per heavy atom. The number of alkyl halides is 2. The number of hydrogen-bond donors (Lipinski definition) is 1. The van der Waals surface area contributed by atoms with Crippen LogP contribution in [0.15, 0.2) is 24.3 Å². The highest BCUT2D eigenvalue weighted by Gasteiger charge is 2.15. The lowest BCUT2D eigenvalue weighted by atomic mass is 9.99. The van der Waals surface area contributed by atoms with Gasteiger partial charge in [-0.15, -0.1) is 0 Å². The van der Waals surface area contributed by atoms with Crippen LogP contribution in [0, 0.1) is 0 Å². The number of hydrogen-bond acceptors (Lipinski definition) is 2. The third-order valence-electron chi connectivity index (χ3n) is 1.79. The second kappa shape index (κ2) is 3.92. The maximum atomic E-state index is 11.8. The van der Waals surface area contributed by atoms with Gasteiger partial charge in [-0.05, 0) is 31.5 Å². The van der Waals surface area contributed by atoms with Gasteiger partial charge in [0.2, 0.25) is 0 Å². The zero-order chi connectivity index (χ0) is 10.8. The topological polar surface area (TPSA) is 29.5 Å². The zero-order valence-corrected chi connectivity index (χ0v) is 8.00. The van der Waals surface area contributed by atoms with Crippen molar-refractivity contribution in [1.29, 1.82) is 0 Å². The van der Waals surface area contributed by atoms with E-state index in [9.17, 15) is 13.9 Å². The average molecular weight is 202 g/mol. The molecule has 2 nitrogen and oxygen atoms in total. The summed E-state index contributed by atoms with van der Waals surface area (Å²) < 4.78 is 27.7. The molecule has 1 aromatic carbocycles. The summed E-state index contributed by atoms with van der Waals surface area (Å²) in [5.41, 5.74) is -0.317. The molecule has 0 aliphatic heterocycles. The number of aliphatic hydroxyl groups is 1. The second-order valence-corrected chi connectivity index (χ2v) is 3.46. The minimum absolute atomic E-state index is 0.0907. The van der Waals surface area contributed by atoms with Crippen LogP contribution in [-0.2, 0) is 5.60 Å². The number of rotatable bonds is 3. The fraction of sp³-hybridized carbons (Fsp3) is 0.400. The predicted octanol–water partition coefficient (Wildman–Crippen LogP) is 2.52. The summed E-state index contributed by atoms with van der Waals surface area (Å²) in [6.07, 6.45) is 0. The highest BCUT2D eigenvalue weighted by molar-refractivity contribution is 5.30. The van der Waals surface area contributed by atoms with E-state index in [1.807, 2.05) is 0 Å². The Bertz CT molecular complexity index is 288. The number of benzene rings is 1. The van der Waals surface area contributed by atoms with E-state index in [1.165, 1.54) is 12.1 Å². The van der Waals surface area contributed by atoms with Crippen molar-refractivity contribution in [2.45, 2.75) is 26.1 Å². The second-order valence-electron chi connectivity index (χ2n) is 3.46. The molecule has 0 radical (unpaired) electrons. The van der Waals surface area contributed by atoms with Crippen LogP contribution in [0.1, 0.15) is 19.4 Å². The van der Waals surface area contributed by atoms with Crippen LogP contribution in [0.3, 0.4) is 0 Å². The first-order valence-corrected chi connectivity index (χ1v) is 4.17. The van der Waals surface area contributed by atoms with Crippen molar-refractivity contribution < 1.29 is 18.6 Å². The third-order valence-corrected chi connectivity index (χ3v) is 1.79. The quantitative estimate of drug-likeness (QED) is 0.816. The van der Waals surface area contributed by atoms with Crippen LogP contribution in [-0.4, -0.2) is 11.7 Å². The number of halogens is 2. The largest absolute Gasteiger partial charge is 0.435 e. The van der Waals surface area contributed by atoms with Gasteiger partial charge in [0.1, 0.15) is 5.75 Å². The molecule has 4 heteroatoms. The molecule has 14 heavy (non-hydrogen) atoms. The van der Waals surface area contributed by atoms with Crippen molar-refractivity contribution in [1.82, 2.24) is 0 Å². The first-order chi connectivity index (χ1) is 6.39. The van der Waals surface area contributed by atoms with Gasteiger partial charge in [-0.3, -0.25) is 0 Å². The van der Waals surface area contributed by atoms with Crippen LogP contribution in [0.2, 0.25) is 0 Å². The van der Waals surface area contributed by atoms with Gasteiger partial charge in [-0.1, -0.05) is 12.1 Å². The lowest BCUT2D eigenvalue weighted by molar-refractivity contribution is -0.0498. The summed E-state index contributed by atoms with van der Waals surface area (Å²) in [4.78, 5) is 0. The van der Waals surface area contributed by atoms with Crippen molar-refractivity contribution in [3.8, 4) is 5.75 Å². The molecule has 0 fully saturated rings. The molecule has 0 aliphatic rings. The van der Waals surface area contributed by atoms with E-state index in [4.69, 9.17) is 0 Å². The summed E-state index contributed by atoms with van der Waals surface area (Å²) in [6, 6.07) is 5.91. The number of ether oxygens (including phenoxy) is 1. The summed E-state index contributed by atoms with van der Waals surface area (Å²) >= 11 is 0. The first kappa shape index (κ1) is 10.9. The van der Waals surface area contributed by atoms with E-state index in [2.05, 4.69) is 4.74 Å². The molecule has 1 N–H and O–H groups in total. The summed E-state index contributed by atoms with van der Waals surface area (Å²) in [6.45, 7) is 0.425. The molecule has 1 rings (SSSR count). The molecule has 0 heterocycles. The zero-order valence-electron chi connectivity index (χ0n) is 8.00. The summed E-state index contributed by atoms with van der Waals surface area (Å²) in [7, 11) is 0. The maximum Gasteiger partial charge on any atom is 0.387 e. The van der Waals surface area contributed by atoms with Gasteiger partial charge in [-0.2, -0.15) is 8.78 Å². The Morgan fingerprint density at radius 2 is 1.71 bits per heavy atom. The maximum absolute atomic E-state index is 11.8. The van der Waals surface area contributed by atoms with Crippen molar-refractivity contribution in [2.75, 3.05) is 0 Å². The molecule has 0 amide bonds. The van der Waals surface area contributed by atoms with Crippen molar-refractivity contribution in [3.63, 3.8) is 0 Å². The summed E-state index contributed by atoms with van der Waals surface area (Å²) in [5.74, 6) is 0.0907. The fourth-order valence-corrected chi connectivity index (χ4v) is 1.04. The third kappa shape index (κ3) is 2.96. The fourth-order valence-electron chi connectivity index (χ4n) is 1.04. The Labute approximate surface area is 81.1 Å². The minimum atomic E-state index is -2.82. The molecular formula is C10H12F2O2. The predicted molar refractivity (Wildman–Crippen MR) is 48.3 cm³/mol. The molecule has 0 aromatic heterocycles. The van der Waals surface area contributed by atoms with Crippen molar-refractivity contribution >= 4 is 0 Å². The Kier molecular flexibility index (Phi) is 3.06. The molecule has 0 atom stereocenters. The Morgan fingerprint density at radius 3 is 2.07 bits per heavy atom. The molecule has 0 unspecified atom stereocenters. The van der Waals surface area contributed by atoms with E-state index in [-0.39, 0.29) is 5.75 Å². The SMILES string of the molecule is CC(C)(O)c1ccc(OC(F)F)cc1. The Balaban J connectivity index is 2.79. The average Bonchev–Trinajstić information content (AvgIpc) is 2.02. The molecule has 0 spiro atoms. The standard InChI is InChI=1S/C10H12F2O2/c1-10(2,13)7-3-5-8(6-4-7)14-9(11)12/h3-6,9,13H,1-2H3. The van der Waals surface area contributed by atoms with Gasteiger partial charge in [0, 0.05) is 0 Å². The Hall–Kier alpha value is -1.16. The van der Waals surface area contributed by atoms with E-state index in [0.29, 0.717) is 5.56 Å². The van der Waals surface area contributed by atoms with Crippen LogP contribution in [0.5, 0.6) is 5.75 Å². The summed E-state index contributed by atoms with van der Waals surface area (Å²) in [5, 5.41) is 9.57. The molecule has 78 valence electrons. The van der Waals surface area contributed by atoms with Gasteiger partial charge in [-0.25, -0.2) is 0 Å². The van der Waals surface area contributed by atoms with Crippen molar-refractivity contribution in [3.05, 3.63) is 29.8 Å². The van der Waals surface area contributed by atoms with Gasteiger partial charge >= 0.3 is 6.61 Å². The van der Waals surface area contributed by atoms with Gasteiger partial charge in [0.25, 0.3) is 0 Å². The van der Waals surface area contributed by atoms with E-state index < -0.39 is 12.2 Å². The van der Waals surface area contributed by atoms with Crippen LogP contribution in [0.25, 0.3) is 0 Å². The van der Waals surface area contributed by atoms with Gasteiger partial charge in [0.15, 0.2) is 0 Å². The highest BCUT2D eigenvalue weighted by Crippen LogP contribution is 2.22. The van der Waals surface area contributed by atoms with E-state index in [0.717, 1.165) is 0 Å². The first-order valence-electron chi connectivity index (χ1n) is 4.17. The van der Waals surface area contributed by atoms with Crippen LogP contribution in [0.4, 0.5) is 8.78 Å². The van der Waals surface area contributed by atoms with Crippen LogP contribution >= 0.6 is 0 Å². The molecule has 0 saturated heterocycles. The van der Waals surface area contributed by atoms with E-state index >= 15 is 0 Å². The molecule has 1 aromatic rings. The van der Waals surface area contributed by atoms with Crippen molar-refractivity contribution in [2.24, 2.45) is 0 Å². The van der Waals surface area contributed by atoms with Gasteiger partial charge < -0.3 is 9.84 Å². The van der Waals surface area contributed by atoms with Gasteiger partial charge in [0.05, 0.1) is 5.60 Å². The smallest absolute Gasteiger partial charge is 0.387 e. The highest BCUT2D eigenvalue weighted by atomic mass is 19.3. The van der Waals surface area contributed by atoms with Crippen LogP contribution < -0.4 is 4.74 Å². The lowest BCUT2D eigenvalue weighted by Crippen LogP contribution is -2.15. The monoisotopic (exact) mass is 202 g/mol. The molecule has 0 saturated carbocycles. The molecule has 0 bridgehead atoms. The normalized spacial score (nSPS) is 11.9. The molecule has 0 aliphatic carbocycles. The van der Waals surface area contributed by atoms with E-state index in [1.54, 1.807) is 26.0 Å².